The Balaban J connectivity index is 2.09. The van der Waals surface area contributed by atoms with Crippen molar-refractivity contribution in [2.24, 2.45) is 5.92 Å². The molecule has 1 heterocycles. The zero-order valence-electron chi connectivity index (χ0n) is 8.44. The third kappa shape index (κ3) is 2.12. The van der Waals surface area contributed by atoms with E-state index < -0.39 is 0 Å². The lowest BCUT2D eigenvalue weighted by molar-refractivity contribution is 0.121. The summed E-state index contributed by atoms with van der Waals surface area (Å²) in [6.07, 6.45) is 0.894. The number of aliphatic hydroxyl groups is 1. The second-order valence-corrected chi connectivity index (χ2v) is 5.13. The Morgan fingerprint density at radius 1 is 1.36 bits per heavy atom. The SMILES string of the molecule is Cc1ccc(C(O)C2CCSC2)cc1. The topological polar surface area (TPSA) is 20.2 Å². The first-order valence-electron chi connectivity index (χ1n) is 5.10. The van der Waals surface area contributed by atoms with E-state index in [1.807, 2.05) is 23.9 Å². The van der Waals surface area contributed by atoms with Crippen LogP contribution in [0.4, 0.5) is 0 Å². The van der Waals surface area contributed by atoms with Gasteiger partial charge in [0.25, 0.3) is 0 Å². The first kappa shape index (κ1) is 10.1. The minimum absolute atomic E-state index is 0.259. The van der Waals surface area contributed by atoms with Gasteiger partial charge in [-0.25, -0.2) is 0 Å². The second-order valence-electron chi connectivity index (χ2n) is 3.98. The Bertz CT molecular complexity index is 288. The molecule has 1 N–H and O–H groups in total. The van der Waals surface area contributed by atoms with Crippen molar-refractivity contribution in [1.82, 2.24) is 0 Å². The van der Waals surface area contributed by atoms with Gasteiger partial charge < -0.3 is 5.11 Å². The molecular formula is C12H16OS. The van der Waals surface area contributed by atoms with Gasteiger partial charge in [0.15, 0.2) is 0 Å². The van der Waals surface area contributed by atoms with Gasteiger partial charge >= 0.3 is 0 Å². The Labute approximate surface area is 89.5 Å². The largest absolute Gasteiger partial charge is 0.388 e. The summed E-state index contributed by atoms with van der Waals surface area (Å²) < 4.78 is 0. The van der Waals surface area contributed by atoms with Gasteiger partial charge in [-0.05, 0) is 36.3 Å². The molecule has 0 aliphatic carbocycles. The molecule has 1 aliphatic rings. The lowest BCUT2D eigenvalue weighted by Gasteiger charge is -2.17. The van der Waals surface area contributed by atoms with Crippen LogP contribution in [0.3, 0.4) is 0 Å². The molecule has 76 valence electrons. The fourth-order valence-electron chi connectivity index (χ4n) is 1.84. The van der Waals surface area contributed by atoms with Crippen LogP contribution in [0.25, 0.3) is 0 Å². The van der Waals surface area contributed by atoms with E-state index in [0.29, 0.717) is 5.92 Å². The van der Waals surface area contributed by atoms with E-state index in [-0.39, 0.29) is 6.10 Å². The highest BCUT2D eigenvalue weighted by Crippen LogP contribution is 2.33. The third-order valence-electron chi connectivity index (χ3n) is 2.83. The molecule has 2 unspecified atom stereocenters. The van der Waals surface area contributed by atoms with Gasteiger partial charge in [0.05, 0.1) is 6.10 Å². The molecule has 2 rings (SSSR count). The number of hydrogen-bond donors (Lipinski definition) is 1. The highest BCUT2D eigenvalue weighted by atomic mass is 32.2. The number of hydrogen-bond acceptors (Lipinski definition) is 2. The standard InChI is InChI=1S/C12H16OS/c1-9-2-4-10(5-3-9)12(13)11-6-7-14-8-11/h2-5,11-13H,6-8H2,1H3. The number of thioether (sulfide) groups is 1. The van der Waals surface area contributed by atoms with E-state index >= 15 is 0 Å². The van der Waals surface area contributed by atoms with Crippen molar-refractivity contribution >= 4 is 11.8 Å². The van der Waals surface area contributed by atoms with Gasteiger partial charge in [-0.1, -0.05) is 29.8 Å². The molecule has 1 nitrogen and oxygen atoms in total. The van der Waals surface area contributed by atoms with Crippen molar-refractivity contribution in [3.63, 3.8) is 0 Å². The molecule has 14 heavy (non-hydrogen) atoms. The maximum Gasteiger partial charge on any atom is 0.0826 e. The predicted octanol–water partition coefficient (Wildman–Crippen LogP) is 2.78. The number of benzene rings is 1. The van der Waals surface area contributed by atoms with Crippen LogP contribution < -0.4 is 0 Å². The van der Waals surface area contributed by atoms with Crippen molar-refractivity contribution in [3.05, 3.63) is 35.4 Å². The summed E-state index contributed by atoms with van der Waals surface area (Å²) in [5.41, 5.74) is 2.32. The van der Waals surface area contributed by atoms with Crippen LogP contribution in [0.1, 0.15) is 23.7 Å². The van der Waals surface area contributed by atoms with Gasteiger partial charge in [0, 0.05) is 0 Å². The van der Waals surface area contributed by atoms with Gasteiger partial charge in [-0.2, -0.15) is 11.8 Å². The van der Waals surface area contributed by atoms with Gasteiger partial charge in [-0.3, -0.25) is 0 Å². The van der Waals surface area contributed by atoms with Crippen molar-refractivity contribution in [2.45, 2.75) is 19.4 Å². The van der Waals surface area contributed by atoms with Gasteiger partial charge in [0.2, 0.25) is 0 Å². The van der Waals surface area contributed by atoms with Crippen molar-refractivity contribution in [2.75, 3.05) is 11.5 Å². The maximum absolute atomic E-state index is 10.1. The van der Waals surface area contributed by atoms with Crippen LogP contribution >= 0.6 is 11.8 Å². The monoisotopic (exact) mass is 208 g/mol. The maximum atomic E-state index is 10.1. The summed E-state index contributed by atoms with van der Waals surface area (Å²) in [6.45, 7) is 2.07. The van der Waals surface area contributed by atoms with Gasteiger partial charge in [0.1, 0.15) is 0 Å². The molecule has 0 spiro atoms. The molecule has 0 amide bonds. The first-order chi connectivity index (χ1) is 6.77. The van der Waals surface area contributed by atoms with E-state index in [4.69, 9.17) is 0 Å². The van der Waals surface area contributed by atoms with E-state index in [1.54, 1.807) is 0 Å². The Morgan fingerprint density at radius 3 is 2.64 bits per heavy atom. The molecule has 0 saturated carbocycles. The molecule has 2 atom stereocenters. The summed E-state index contributed by atoms with van der Waals surface area (Å²) in [7, 11) is 0. The van der Waals surface area contributed by atoms with Crippen LogP contribution in [-0.4, -0.2) is 16.6 Å². The molecule has 0 bridgehead atoms. The number of aliphatic hydroxyl groups excluding tert-OH is 1. The quantitative estimate of drug-likeness (QED) is 0.806. The minimum Gasteiger partial charge on any atom is -0.388 e. The summed E-state index contributed by atoms with van der Waals surface area (Å²) in [6, 6.07) is 8.23. The fourth-order valence-corrected chi connectivity index (χ4v) is 3.13. The van der Waals surface area contributed by atoms with Crippen molar-refractivity contribution in [3.8, 4) is 0 Å². The smallest absolute Gasteiger partial charge is 0.0826 e. The van der Waals surface area contributed by atoms with E-state index in [1.165, 1.54) is 11.3 Å². The Kier molecular flexibility index (Phi) is 3.14. The summed E-state index contributed by atoms with van der Waals surface area (Å²) in [5, 5.41) is 10.1. The van der Waals surface area contributed by atoms with Crippen molar-refractivity contribution < 1.29 is 5.11 Å². The molecule has 1 aliphatic heterocycles. The average Bonchev–Trinajstić information content (AvgIpc) is 2.71. The number of aryl methyl sites for hydroxylation is 1. The third-order valence-corrected chi connectivity index (χ3v) is 4.02. The second kappa shape index (κ2) is 4.37. The van der Waals surface area contributed by atoms with Crippen LogP contribution in [0, 0.1) is 12.8 Å². The lowest BCUT2D eigenvalue weighted by Crippen LogP contribution is -2.11. The molecule has 1 fully saturated rings. The Morgan fingerprint density at radius 2 is 2.07 bits per heavy atom. The van der Waals surface area contributed by atoms with Crippen LogP contribution in [0.5, 0.6) is 0 Å². The molecular weight excluding hydrogens is 192 g/mol. The molecule has 0 radical (unpaired) electrons. The van der Waals surface area contributed by atoms with Crippen molar-refractivity contribution in [1.29, 1.82) is 0 Å². The van der Waals surface area contributed by atoms with E-state index in [0.717, 1.165) is 17.7 Å². The van der Waals surface area contributed by atoms with Gasteiger partial charge in [-0.15, -0.1) is 0 Å². The molecule has 1 saturated heterocycles. The zero-order chi connectivity index (χ0) is 9.97. The summed E-state index contributed by atoms with van der Waals surface area (Å²) in [5.74, 6) is 2.77. The normalized spacial score (nSPS) is 23.7. The van der Waals surface area contributed by atoms with E-state index in [2.05, 4.69) is 19.1 Å². The zero-order valence-corrected chi connectivity index (χ0v) is 9.26. The lowest BCUT2D eigenvalue weighted by atomic mass is 9.95. The fraction of sp³-hybridized carbons (Fsp3) is 0.500. The highest BCUT2D eigenvalue weighted by molar-refractivity contribution is 7.99. The van der Waals surface area contributed by atoms with E-state index in [9.17, 15) is 5.11 Å². The average molecular weight is 208 g/mol. The molecule has 1 aromatic rings. The van der Waals surface area contributed by atoms with Crippen LogP contribution in [0.2, 0.25) is 0 Å². The number of rotatable bonds is 2. The summed E-state index contributed by atoms with van der Waals surface area (Å²) in [4.78, 5) is 0. The predicted molar refractivity (Wildman–Crippen MR) is 61.6 cm³/mol. The molecule has 2 heteroatoms. The highest BCUT2D eigenvalue weighted by Gasteiger charge is 2.24. The summed E-state index contributed by atoms with van der Waals surface area (Å²) >= 11 is 1.95. The molecule has 0 aromatic heterocycles. The van der Waals surface area contributed by atoms with Crippen LogP contribution in [-0.2, 0) is 0 Å². The van der Waals surface area contributed by atoms with Crippen LogP contribution in [0.15, 0.2) is 24.3 Å². The first-order valence-corrected chi connectivity index (χ1v) is 6.25. The molecule has 1 aromatic carbocycles. The Hall–Kier alpha value is -0.470. The minimum atomic E-state index is -0.259.